The van der Waals surface area contributed by atoms with Gasteiger partial charge in [-0.05, 0) is 41.5 Å². The van der Waals surface area contributed by atoms with Crippen molar-refractivity contribution in [3.63, 3.8) is 0 Å². The Hall–Kier alpha value is -2.61. The Labute approximate surface area is 163 Å². The van der Waals surface area contributed by atoms with Gasteiger partial charge >= 0.3 is 5.97 Å². The minimum atomic E-state index is -0.925. The van der Waals surface area contributed by atoms with Gasteiger partial charge in [0.05, 0.1) is 0 Å². The molecule has 0 aliphatic rings. The van der Waals surface area contributed by atoms with Crippen LogP contribution >= 0.6 is 0 Å². The van der Waals surface area contributed by atoms with Gasteiger partial charge in [-0.15, -0.1) is 0 Å². The maximum Gasteiger partial charge on any atom is 0.328 e. The van der Waals surface area contributed by atoms with Crippen LogP contribution in [0.5, 0.6) is 0 Å². The normalized spacial score (nSPS) is 11.4. The van der Waals surface area contributed by atoms with Gasteiger partial charge in [-0.25, -0.2) is 4.79 Å². The highest BCUT2D eigenvalue weighted by Crippen LogP contribution is 2.21. The molecule has 0 aliphatic heterocycles. The predicted octanol–water partition coefficient (Wildman–Crippen LogP) is 6.61. The zero-order chi connectivity index (χ0) is 19.3. The molecule has 1 N–H and O–H groups in total. The molecule has 0 saturated heterocycles. The summed E-state index contributed by atoms with van der Waals surface area (Å²) in [7, 11) is 0. The van der Waals surface area contributed by atoms with Gasteiger partial charge in [0.15, 0.2) is 0 Å². The molecule has 0 unspecified atom stereocenters. The number of carbonyl (C=O) groups is 1. The van der Waals surface area contributed by atoms with E-state index in [0.29, 0.717) is 0 Å². The van der Waals surface area contributed by atoms with Crippen molar-refractivity contribution in [1.82, 2.24) is 0 Å². The number of hydrogen-bond acceptors (Lipinski definition) is 1. The zero-order valence-corrected chi connectivity index (χ0v) is 16.2. The third kappa shape index (κ3) is 8.08. The third-order valence-corrected chi connectivity index (χ3v) is 4.65. The van der Waals surface area contributed by atoms with Crippen LogP contribution in [0.2, 0.25) is 0 Å². The van der Waals surface area contributed by atoms with Gasteiger partial charge in [0.1, 0.15) is 0 Å². The number of hydrogen-bond donors (Lipinski definition) is 1. The molecule has 2 aromatic carbocycles. The summed E-state index contributed by atoms with van der Waals surface area (Å²) in [4.78, 5) is 10.4. The molecule has 0 aromatic heterocycles. The number of unbranched alkanes of at least 4 members (excludes halogenated alkanes) is 4. The van der Waals surface area contributed by atoms with E-state index in [4.69, 9.17) is 5.11 Å². The van der Waals surface area contributed by atoms with Crippen LogP contribution in [-0.4, -0.2) is 11.1 Å². The number of rotatable bonds is 11. The number of carboxylic acids is 1. The first kappa shape index (κ1) is 20.7. The lowest BCUT2D eigenvalue weighted by atomic mass is 9.99. The van der Waals surface area contributed by atoms with E-state index in [1.54, 1.807) is 12.2 Å². The Morgan fingerprint density at radius 1 is 0.815 bits per heavy atom. The molecule has 2 nitrogen and oxygen atoms in total. The molecule has 0 fully saturated rings. The first-order chi connectivity index (χ1) is 13.2. The maximum absolute atomic E-state index is 10.4. The molecule has 27 heavy (non-hydrogen) atoms. The molecule has 2 aromatic rings. The van der Waals surface area contributed by atoms with E-state index in [2.05, 4.69) is 55.5 Å². The molecule has 0 heterocycles. The third-order valence-electron chi connectivity index (χ3n) is 4.65. The molecule has 0 atom stereocenters. The number of carboxylic acid groups (broad SMARTS) is 1. The van der Waals surface area contributed by atoms with Gasteiger partial charge in [-0.1, -0.05) is 99.4 Å². The second-order valence-corrected chi connectivity index (χ2v) is 6.89. The summed E-state index contributed by atoms with van der Waals surface area (Å²) in [5.41, 5.74) is 5.10. The van der Waals surface area contributed by atoms with Crippen molar-refractivity contribution in [3.05, 3.63) is 84.0 Å². The first-order valence-corrected chi connectivity index (χ1v) is 9.93. The lowest BCUT2D eigenvalue weighted by Crippen LogP contribution is -1.87. The Morgan fingerprint density at radius 2 is 1.41 bits per heavy atom. The molecule has 0 amide bonds. The van der Waals surface area contributed by atoms with Crippen LogP contribution < -0.4 is 0 Å². The molecule has 0 radical (unpaired) electrons. The largest absolute Gasteiger partial charge is 0.478 e. The van der Waals surface area contributed by atoms with Crippen LogP contribution in [0.3, 0.4) is 0 Å². The van der Waals surface area contributed by atoms with Crippen LogP contribution in [0.15, 0.2) is 72.8 Å². The highest BCUT2D eigenvalue weighted by molar-refractivity contribution is 5.80. The summed E-state index contributed by atoms with van der Waals surface area (Å²) in [5, 5.41) is 8.54. The summed E-state index contributed by atoms with van der Waals surface area (Å²) in [6.07, 6.45) is 15.0. The smallest absolute Gasteiger partial charge is 0.328 e. The lowest BCUT2D eigenvalue weighted by molar-refractivity contribution is -0.131. The number of aliphatic carboxylic acids is 1. The minimum absolute atomic E-state index is 0.793. The second-order valence-electron chi connectivity index (χ2n) is 6.89. The Kier molecular flexibility index (Phi) is 9.12. The standard InChI is InChI=1S/C25H30O2/c1-2-3-4-5-7-10-21-13-17-23(18-14-21)24-19-15-22(16-20-24)11-8-6-9-12-25(26)27/h6,8-9,12-20H,2-5,7,10-11H2,1H3,(H,26,27)/b8-6+,12-9+. The van der Waals surface area contributed by atoms with E-state index in [9.17, 15) is 4.79 Å². The summed E-state index contributed by atoms with van der Waals surface area (Å²) in [6.45, 7) is 2.25. The van der Waals surface area contributed by atoms with Crippen molar-refractivity contribution in [2.45, 2.75) is 51.9 Å². The zero-order valence-electron chi connectivity index (χ0n) is 16.2. The summed E-state index contributed by atoms with van der Waals surface area (Å²) in [6, 6.07) is 17.5. The van der Waals surface area contributed by atoms with Crippen LogP contribution in [0.25, 0.3) is 11.1 Å². The van der Waals surface area contributed by atoms with Crippen LogP contribution in [0, 0.1) is 0 Å². The van der Waals surface area contributed by atoms with Gasteiger partial charge < -0.3 is 5.11 Å². The van der Waals surface area contributed by atoms with Gasteiger partial charge in [-0.2, -0.15) is 0 Å². The van der Waals surface area contributed by atoms with Crippen molar-refractivity contribution in [1.29, 1.82) is 0 Å². The van der Waals surface area contributed by atoms with E-state index in [1.807, 2.05) is 6.08 Å². The van der Waals surface area contributed by atoms with E-state index in [-0.39, 0.29) is 0 Å². The van der Waals surface area contributed by atoms with Crippen LogP contribution in [0.1, 0.15) is 50.2 Å². The fraction of sp³-hybridized carbons (Fsp3) is 0.320. The van der Waals surface area contributed by atoms with Crippen molar-refractivity contribution < 1.29 is 9.90 Å². The van der Waals surface area contributed by atoms with Gasteiger partial charge in [0.25, 0.3) is 0 Å². The van der Waals surface area contributed by atoms with E-state index in [1.165, 1.54) is 60.8 Å². The molecule has 0 bridgehead atoms. The molecule has 2 rings (SSSR count). The highest BCUT2D eigenvalue weighted by Gasteiger charge is 1.99. The van der Waals surface area contributed by atoms with E-state index < -0.39 is 5.97 Å². The quantitative estimate of drug-likeness (QED) is 0.277. The molecule has 142 valence electrons. The Morgan fingerprint density at radius 3 is 2.00 bits per heavy atom. The highest BCUT2D eigenvalue weighted by atomic mass is 16.4. The SMILES string of the molecule is CCCCCCCc1ccc(-c2ccc(C/C=C/C=C/C(=O)O)cc2)cc1. The monoisotopic (exact) mass is 362 g/mol. The van der Waals surface area contributed by atoms with Gasteiger partial charge in [0, 0.05) is 6.08 Å². The van der Waals surface area contributed by atoms with E-state index in [0.717, 1.165) is 12.5 Å². The maximum atomic E-state index is 10.4. The average Bonchev–Trinajstić information content (AvgIpc) is 2.68. The molecule has 0 saturated carbocycles. The van der Waals surface area contributed by atoms with Crippen molar-refractivity contribution in [3.8, 4) is 11.1 Å². The molecule has 0 aliphatic carbocycles. The van der Waals surface area contributed by atoms with Crippen molar-refractivity contribution >= 4 is 5.97 Å². The number of aryl methyl sites for hydroxylation is 1. The van der Waals surface area contributed by atoms with Gasteiger partial charge in [0.2, 0.25) is 0 Å². The second kappa shape index (κ2) is 11.9. The molecular weight excluding hydrogens is 332 g/mol. The first-order valence-electron chi connectivity index (χ1n) is 9.93. The molecule has 2 heteroatoms. The molecule has 0 spiro atoms. The fourth-order valence-electron chi connectivity index (χ4n) is 3.05. The van der Waals surface area contributed by atoms with E-state index >= 15 is 0 Å². The van der Waals surface area contributed by atoms with Crippen LogP contribution in [-0.2, 0) is 17.6 Å². The lowest BCUT2D eigenvalue weighted by Gasteiger charge is -2.06. The summed E-state index contributed by atoms with van der Waals surface area (Å²) >= 11 is 0. The van der Waals surface area contributed by atoms with Crippen molar-refractivity contribution in [2.75, 3.05) is 0 Å². The van der Waals surface area contributed by atoms with Crippen molar-refractivity contribution in [2.24, 2.45) is 0 Å². The fourth-order valence-corrected chi connectivity index (χ4v) is 3.05. The number of benzene rings is 2. The number of allylic oxidation sites excluding steroid dienone is 3. The van der Waals surface area contributed by atoms with Gasteiger partial charge in [-0.3, -0.25) is 0 Å². The Balaban J connectivity index is 1.84. The average molecular weight is 363 g/mol. The minimum Gasteiger partial charge on any atom is -0.478 e. The van der Waals surface area contributed by atoms with Crippen LogP contribution in [0.4, 0.5) is 0 Å². The summed E-state index contributed by atoms with van der Waals surface area (Å²) in [5.74, 6) is -0.925. The summed E-state index contributed by atoms with van der Waals surface area (Å²) < 4.78 is 0. The topological polar surface area (TPSA) is 37.3 Å². The Bertz CT molecular complexity index is 737. The molecular formula is C25H30O2. The predicted molar refractivity (Wildman–Crippen MR) is 114 cm³/mol.